The molecule has 1 atom stereocenters. The predicted molar refractivity (Wildman–Crippen MR) is 62.6 cm³/mol. The van der Waals surface area contributed by atoms with Crippen molar-refractivity contribution in [1.29, 1.82) is 0 Å². The molecule has 0 aromatic heterocycles. The Balaban J connectivity index is 2.36. The van der Waals surface area contributed by atoms with Crippen LogP contribution in [-0.4, -0.2) is 11.8 Å². The van der Waals surface area contributed by atoms with E-state index in [0.717, 1.165) is 5.56 Å². The van der Waals surface area contributed by atoms with Gasteiger partial charge in [0.05, 0.1) is 0 Å². The molecule has 0 spiro atoms. The smallest absolute Gasteiger partial charge is 0.233 e. The van der Waals surface area contributed by atoms with Crippen molar-refractivity contribution >= 4 is 11.8 Å². The molecular formula is C13H12N2O2. The van der Waals surface area contributed by atoms with Gasteiger partial charge in [-0.1, -0.05) is 18.1 Å². The van der Waals surface area contributed by atoms with Gasteiger partial charge < -0.3 is 11.5 Å². The van der Waals surface area contributed by atoms with Gasteiger partial charge in [-0.25, -0.2) is 0 Å². The van der Waals surface area contributed by atoms with E-state index in [0.29, 0.717) is 12.0 Å². The third kappa shape index (κ3) is 1.56. The molecule has 17 heavy (non-hydrogen) atoms. The van der Waals surface area contributed by atoms with Gasteiger partial charge in [0.25, 0.3) is 0 Å². The molecule has 86 valence electrons. The van der Waals surface area contributed by atoms with E-state index in [-0.39, 0.29) is 5.92 Å². The molecule has 4 N–H and O–H groups in total. The first-order valence-electron chi connectivity index (χ1n) is 5.18. The van der Waals surface area contributed by atoms with E-state index >= 15 is 0 Å². The lowest BCUT2D eigenvalue weighted by Crippen LogP contribution is -2.38. The topological polar surface area (TPSA) is 86.2 Å². The minimum absolute atomic E-state index is 0.245. The van der Waals surface area contributed by atoms with Crippen molar-refractivity contribution in [3.05, 3.63) is 35.4 Å². The summed E-state index contributed by atoms with van der Waals surface area (Å²) in [7, 11) is 0. The average Bonchev–Trinajstić information content (AvgIpc) is 3.05. The molecule has 4 nitrogen and oxygen atoms in total. The largest absolute Gasteiger partial charge is 0.369 e. The Hall–Kier alpha value is -2.28. The van der Waals surface area contributed by atoms with E-state index in [1.165, 1.54) is 0 Å². The zero-order valence-corrected chi connectivity index (χ0v) is 9.14. The highest BCUT2D eigenvalue weighted by Gasteiger charge is 2.64. The van der Waals surface area contributed by atoms with Crippen molar-refractivity contribution in [3.63, 3.8) is 0 Å². The maximum atomic E-state index is 11.3. The number of hydrogen-bond acceptors (Lipinski definition) is 2. The highest BCUT2D eigenvalue weighted by Crippen LogP contribution is 2.59. The number of nitrogens with two attached hydrogens (primary N) is 2. The third-order valence-electron chi connectivity index (χ3n) is 3.30. The number of benzene rings is 1. The van der Waals surface area contributed by atoms with Gasteiger partial charge in [-0.2, -0.15) is 0 Å². The van der Waals surface area contributed by atoms with Crippen LogP contribution in [0, 0.1) is 17.8 Å². The lowest BCUT2D eigenvalue weighted by Gasteiger charge is -2.09. The second kappa shape index (κ2) is 3.63. The molecule has 1 saturated carbocycles. The zero-order valence-electron chi connectivity index (χ0n) is 9.14. The lowest BCUT2D eigenvalue weighted by molar-refractivity contribution is -0.133. The van der Waals surface area contributed by atoms with Gasteiger partial charge in [-0.3, -0.25) is 9.59 Å². The zero-order chi connectivity index (χ0) is 12.6. The molecule has 1 aliphatic rings. The lowest BCUT2D eigenvalue weighted by atomic mass is 9.96. The van der Waals surface area contributed by atoms with Crippen LogP contribution in [0.15, 0.2) is 24.3 Å². The van der Waals surface area contributed by atoms with Crippen LogP contribution < -0.4 is 11.5 Å². The van der Waals surface area contributed by atoms with E-state index in [1.54, 1.807) is 18.2 Å². The normalized spacial score (nSPS) is 20.3. The first-order valence-corrected chi connectivity index (χ1v) is 5.18. The Bertz CT molecular complexity index is 529. The second-order valence-electron chi connectivity index (χ2n) is 4.23. The molecule has 1 fully saturated rings. The molecule has 0 bridgehead atoms. The van der Waals surface area contributed by atoms with E-state index in [1.807, 2.05) is 6.07 Å². The van der Waals surface area contributed by atoms with Gasteiger partial charge in [0, 0.05) is 11.5 Å². The van der Waals surface area contributed by atoms with Crippen molar-refractivity contribution < 1.29 is 9.59 Å². The molecule has 0 heterocycles. The van der Waals surface area contributed by atoms with Crippen LogP contribution >= 0.6 is 0 Å². The molecule has 1 aromatic carbocycles. The molecule has 0 saturated heterocycles. The highest BCUT2D eigenvalue weighted by molar-refractivity contribution is 6.08. The Labute approximate surface area is 99.0 Å². The van der Waals surface area contributed by atoms with Gasteiger partial charge >= 0.3 is 0 Å². The summed E-state index contributed by atoms with van der Waals surface area (Å²) >= 11 is 0. The Morgan fingerprint density at radius 2 is 2.00 bits per heavy atom. The first-order chi connectivity index (χ1) is 8.02. The molecule has 2 amide bonds. The van der Waals surface area contributed by atoms with Gasteiger partial charge in [-0.05, 0) is 24.1 Å². The summed E-state index contributed by atoms with van der Waals surface area (Å²) in [6, 6.07) is 7.16. The number of rotatable bonds is 3. The SMILES string of the molecule is C#Cc1cccc(C2CC2(C(N)=O)C(N)=O)c1. The number of hydrogen-bond donors (Lipinski definition) is 2. The fourth-order valence-corrected chi connectivity index (χ4v) is 2.18. The number of terminal acetylenes is 1. The fraction of sp³-hybridized carbons (Fsp3) is 0.231. The van der Waals surface area contributed by atoms with Crippen LogP contribution in [0.25, 0.3) is 0 Å². The maximum Gasteiger partial charge on any atom is 0.233 e. The maximum absolute atomic E-state index is 11.3. The molecule has 4 heteroatoms. The minimum Gasteiger partial charge on any atom is -0.369 e. The number of amides is 2. The van der Waals surface area contributed by atoms with Crippen molar-refractivity contribution in [2.45, 2.75) is 12.3 Å². The Kier molecular flexibility index (Phi) is 2.40. The van der Waals surface area contributed by atoms with E-state index in [9.17, 15) is 9.59 Å². The summed E-state index contributed by atoms with van der Waals surface area (Å²) in [5.74, 6) is 0.928. The van der Waals surface area contributed by atoms with Crippen molar-refractivity contribution in [3.8, 4) is 12.3 Å². The fourth-order valence-electron chi connectivity index (χ4n) is 2.18. The minimum atomic E-state index is -1.23. The van der Waals surface area contributed by atoms with Gasteiger partial charge in [0.15, 0.2) is 0 Å². The predicted octanol–water partition coefficient (Wildman–Crippen LogP) is 0.112. The van der Waals surface area contributed by atoms with Crippen molar-refractivity contribution in [1.82, 2.24) is 0 Å². The molecule has 0 radical (unpaired) electrons. The molecule has 1 aromatic rings. The van der Waals surface area contributed by atoms with Crippen LogP contribution in [-0.2, 0) is 9.59 Å². The summed E-state index contributed by atoms with van der Waals surface area (Å²) in [6.07, 6.45) is 5.66. The van der Waals surface area contributed by atoms with Crippen LogP contribution in [0.3, 0.4) is 0 Å². The molecule has 1 unspecified atom stereocenters. The molecule has 1 aliphatic carbocycles. The summed E-state index contributed by atoms with van der Waals surface area (Å²) in [5, 5.41) is 0. The molecule has 0 aliphatic heterocycles. The van der Waals surface area contributed by atoms with Gasteiger partial charge in [-0.15, -0.1) is 6.42 Å². The number of carbonyl (C=O) groups excluding carboxylic acids is 2. The average molecular weight is 228 g/mol. The number of primary amides is 2. The van der Waals surface area contributed by atoms with Gasteiger partial charge in [0.1, 0.15) is 5.41 Å². The third-order valence-corrected chi connectivity index (χ3v) is 3.30. The van der Waals surface area contributed by atoms with Crippen LogP contribution in [0.5, 0.6) is 0 Å². The van der Waals surface area contributed by atoms with Crippen molar-refractivity contribution in [2.75, 3.05) is 0 Å². The van der Waals surface area contributed by atoms with E-state index in [4.69, 9.17) is 17.9 Å². The monoisotopic (exact) mass is 228 g/mol. The summed E-state index contributed by atoms with van der Waals surface area (Å²) in [5.41, 5.74) is 10.8. The highest BCUT2D eigenvalue weighted by atomic mass is 16.2. The van der Waals surface area contributed by atoms with E-state index in [2.05, 4.69) is 5.92 Å². The number of carbonyl (C=O) groups is 2. The van der Waals surface area contributed by atoms with Gasteiger partial charge in [0.2, 0.25) is 11.8 Å². The van der Waals surface area contributed by atoms with E-state index < -0.39 is 17.2 Å². The molecule has 2 rings (SSSR count). The summed E-state index contributed by atoms with van der Waals surface area (Å²) < 4.78 is 0. The molecular weight excluding hydrogens is 216 g/mol. The van der Waals surface area contributed by atoms with Crippen LogP contribution in [0.4, 0.5) is 0 Å². The summed E-state index contributed by atoms with van der Waals surface area (Å²) in [6.45, 7) is 0. The Morgan fingerprint density at radius 1 is 1.35 bits per heavy atom. The second-order valence-corrected chi connectivity index (χ2v) is 4.23. The quantitative estimate of drug-likeness (QED) is 0.568. The Morgan fingerprint density at radius 3 is 2.47 bits per heavy atom. The summed E-state index contributed by atoms with van der Waals surface area (Å²) in [4.78, 5) is 22.7. The standard InChI is InChI=1S/C13H12N2O2/c1-2-8-4-3-5-9(6-8)10-7-13(10,11(14)16)12(15)17/h1,3-6,10H,7H2,(H2,14,16)(H2,15,17). The van der Waals surface area contributed by atoms with Crippen LogP contribution in [0.2, 0.25) is 0 Å². The van der Waals surface area contributed by atoms with Crippen molar-refractivity contribution in [2.24, 2.45) is 16.9 Å². The first kappa shape index (κ1) is 11.2. The van der Waals surface area contributed by atoms with Crippen LogP contribution in [0.1, 0.15) is 23.5 Å².